The second-order valence-electron chi connectivity index (χ2n) is 7.07. The number of thiocarbonyl (C=S) groups is 1. The maximum absolute atomic E-state index is 13.2. The molecule has 1 fully saturated rings. The molecule has 28 heavy (non-hydrogen) atoms. The molecule has 0 bridgehead atoms. The van der Waals surface area contributed by atoms with E-state index in [1.807, 2.05) is 12.1 Å². The van der Waals surface area contributed by atoms with Crippen molar-refractivity contribution >= 4 is 28.8 Å². The van der Waals surface area contributed by atoms with Crippen LogP contribution in [0.3, 0.4) is 0 Å². The van der Waals surface area contributed by atoms with E-state index in [0.717, 1.165) is 42.7 Å². The molecular weight excluding hydrogens is 377 g/mol. The first kappa shape index (κ1) is 18.5. The van der Waals surface area contributed by atoms with Gasteiger partial charge in [0, 0.05) is 37.8 Å². The van der Waals surface area contributed by atoms with Crippen LogP contribution in [0.1, 0.15) is 13.8 Å². The molecule has 1 aliphatic heterocycles. The molecule has 0 unspecified atom stereocenters. The molecule has 146 valence electrons. The van der Waals surface area contributed by atoms with Gasteiger partial charge in [0.15, 0.2) is 16.6 Å². The summed E-state index contributed by atoms with van der Waals surface area (Å²) in [6.45, 7) is 7.49. The van der Waals surface area contributed by atoms with Crippen LogP contribution in [0.25, 0.3) is 17.0 Å². The highest BCUT2D eigenvalue weighted by Crippen LogP contribution is 2.20. The minimum absolute atomic E-state index is 0.283. The topological polar surface area (TPSA) is 61.6 Å². The van der Waals surface area contributed by atoms with Crippen molar-refractivity contribution in [2.75, 3.05) is 31.1 Å². The summed E-state index contributed by atoms with van der Waals surface area (Å²) < 4.78 is 14.9. The molecule has 1 aromatic carbocycles. The van der Waals surface area contributed by atoms with Gasteiger partial charge in [0.25, 0.3) is 0 Å². The van der Waals surface area contributed by atoms with Crippen LogP contribution in [0.5, 0.6) is 0 Å². The molecule has 0 amide bonds. The lowest BCUT2D eigenvalue weighted by Gasteiger charge is -2.37. The molecule has 0 radical (unpaired) electrons. The largest absolute Gasteiger partial charge is 0.360 e. The maximum Gasteiger partial charge on any atom is 0.185 e. The Hall–Kier alpha value is -2.81. The first-order valence-electron chi connectivity index (χ1n) is 9.30. The summed E-state index contributed by atoms with van der Waals surface area (Å²) in [6, 6.07) is 10.4. The lowest BCUT2D eigenvalue weighted by molar-refractivity contribution is 0.375. The summed E-state index contributed by atoms with van der Waals surface area (Å²) in [4.78, 5) is 4.41. The Kier molecular flexibility index (Phi) is 5.08. The van der Waals surface area contributed by atoms with Crippen LogP contribution in [0.15, 0.2) is 36.4 Å². The van der Waals surface area contributed by atoms with Crippen LogP contribution in [0.2, 0.25) is 0 Å². The quantitative estimate of drug-likeness (QED) is 0.678. The normalized spacial score (nSPS) is 14.7. The van der Waals surface area contributed by atoms with E-state index < -0.39 is 0 Å². The van der Waals surface area contributed by atoms with Gasteiger partial charge in [-0.1, -0.05) is 0 Å². The fourth-order valence-electron chi connectivity index (χ4n) is 3.20. The zero-order chi connectivity index (χ0) is 19.7. The van der Waals surface area contributed by atoms with Crippen LogP contribution in [0.4, 0.5) is 10.2 Å². The third-order valence-electron chi connectivity index (χ3n) is 4.65. The molecule has 0 aliphatic carbocycles. The summed E-state index contributed by atoms with van der Waals surface area (Å²) in [6.07, 6.45) is 0. The Bertz CT molecular complexity index is 978. The minimum Gasteiger partial charge on any atom is -0.360 e. The number of nitrogens with zero attached hydrogens (tertiary/aromatic N) is 6. The smallest absolute Gasteiger partial charge is 0.185 e. The molecule has 2 aromatic heterocycles. The number of benzene rings is 1. The Balaban J connectivity index is 1.53. The van der Waals surface area contributed by atoms with Gasteiger partial charge in [0.2, 0.25) is 0 Å². The minimum atomic E-state index is -0.283. The standard InChI is InChI=1S/C19H22FN7S/c1-13(2)21-19(28)26-11-9-25(10-12-26)17-8-7-16-22-23-18(27(16)24-17)14-3-5-15(20)6-4-14/h3-8,13H,9-12H2,1-2H3,(H,21,28). The van der Waals surface area contributed by atoms with Crippen molar-refractivity contribution < 1.29 is 4.39 Å². The van der Waals surface area contributed by atoms with Gasteiger partial charge >= 0.3 is 0 Å². The van der Waals surface area contributed by atoms with Crippen LogP contribution in [0, 0.1) is 5.82 Å². The number of hydrogen-bond acceptors (Lipinski definition) is 5. The number of nitrogens with one attached hydrogen (secondary N) is 1. The summed E-state index contributed by atoms with van der Waals surface area (Å²) in [5, 5.41) is 17.2. The summed E-state index contributed by atoms with van der Waals surface area (Å²) >= 11 is 5.47. The number of fused-ring (bicyclic) bond motifs is 1. The second-order valence-corrected chi connectivity index (χ2v) is 7.46. The Morgan fingerprint density at radius 1 is 1.04 bits per heavy atom. The first-order valence-corrected chi connectivity index (χ1v) is 9.71. The van der Waals surface area contributed by atoms with Gasteiger partial charge in [0.1, 0.15) is 11.6 Å². The van der Waals surface area contributed by atoms with Crippen molar-refractivity contribution in [3.63, 3.8) is 0 Å². The molecule has 0 spiro atoms. The number of anilines is 1. The number of halogens is 1. The van der Waals surface area contributed by atoms with Crippen LogP contribution < -0.4 is 10.2 Å². The van der Waals surface area contributed by atoms with E-state index in [-0.39, 0.29) is 5.82 Å². The number of rotatable bonds is 3. The van der Waals surface area contributed by atoms with Gasteiger partial charge < -0.3 is 15.1 Å². The number of hydrogen-bond donors (Lipinski definition) is 1. The highest BCUT2D eigenvalue weighted by Gasteiger charge is 2.21. The van der Waals surface area contributed by atoms with Crippen molar-refractivity contribution in [2.24, 2.45) is 0 Å². The second kappa shape index (κ2) is 7.67. The average Bonchev–Trinajstić information content (AvgIpc) is 3.11. The predicted octanol–water partition coefficient (Wildman–Crippen LogP) is 2.34. The zero-order valence-corrected chi connectivity index (χ0v) is 16.7. The van der Waals surface area contributed by atoms with Gasteiger partial charge in [-0.2, -0.15) is 4.52 Å². The lowest BCUT2D eigenvalue weighted by Crippen LogP contribution is -2.53. The van der Waals surface area contributed by atoms with E-state index >= 15 is 0 Å². The fraction of sp³-hybridized carbons (Fsp3) is 0.368. The first-order chi connectivity index (χ1) is 13.5. The van der Waals surface area contributed by atoms with E-state index in [1.54, 1.807) is 16.6 Å². The monoisotopic (exact) mass is 399 g/mol. The molecule has 1 aliphatic rings. The molecule has 9 heteroatoms. The molecule has 1 N–H and O–H groups in total. The highest BCUT2D eigenvalue weighted by atomic mass is 32.1. The van der Waals surface area contributed by atoms with E-state index in [2.05, 4.69) is 39.2 Å². The molecule has 0 atom stereocenters. The van der Waals surface area contributed by atoms with Crippen molar-refractivity contribution in [3.05, 3.63) is 42.2 Å². The summed E-state index contributed by atoms with van der Waals surface area (Å²) in [5.41, 5.74) is 1.43. The third kappa shape index (κ3) is 3.75. The van der Waals surface area contributed by atoms with Gasteiger partial charge in [-0.25, -0.2) is 4.39 Å². The van der Waals surface area contributed by atoms with E-state index in [9.17, 15) is 4.39 Å². The predicted molar refractivity (Wildman–Crippen MR) is 111 cm³/mol. The van der Waals surface area contributed by atoms with Crippen LogP contribution in [-0.2, 0) is 0 Å². The molecule has 7 nitrogen and oxygen atoms in total. The average molecular weight is 399 g/mol. The van der Waals surface area contributed by atoms with E-state index in [0.29, 0.717) is 17.5 Å². The molecular formula is C19H22FN7S. The van der Waals surface area contributed by atoms with E-state index in [1.165, 1.54) is 12.1 Å². The van der Waals surface area contributed by atoms with Crippen molar-refractivity contribution in [2.45, 2.75) is 19.9 Å². The maximum atomic E-state index is 13.2. The van der Waals surface area contributed by atoms with Crippen molar-refractivity contribution in [3.8, 4) is 11.4 Å². The van der Waals surface area contributed by atoms with E-state index in [4.69, 9.17) is 17.3 Å². The van der Waals surface area contributed by atoms with Crippen LogP contribution in [-0.4, -0.2) is 62.0 Å². The highest BCUT2D eigenvalue weighted by molar-refractivity contribution is 7.80. The third-order valence-corrected chi connectivity index (χ3v) is 5.03. The fourth-order valence-corrected chi connectivity index (χ4v) is 3.62. The zero-order valence-electron chi connectivity index (χ0n) is 15.8. The van der Waals surface area contributed by atoms with Gasteiger partial charge in [-0.05, 0) is 62.5 Å². The number of aromatic nitrogens is 4. The van der Waals surface area contributed by atoms with Crippen molar-refractivity contribution in [1.82, 2.24) is 30.0 Å². The number of piperazine rings is 1. The molecule has 4 rings (SSSR count). The van der Waals surface area contributed by atoms with Gasteiger partial charge in [-0.15, -0.1) is 15.3 Å². The molecule has 3 aromatic rings. The Morgan fingerprint density at radius 3 is 2.43 bits per heavy atom. The Labute approximate surface area is 168 Å². The Morgan fingerprint density at radius 2 is 1.75 bits per heavy atom. The van der Waals surface area contributed by atoms with Gasteiger partial charge in [-0.3, -0.25) is 0 Å². The molecule has 3 heterocycles. The molecule has 0 saturated carbocycles. The lowest BCUT2D eigenvalue weighted by atomic mass is 10.2. The summed E-state index contributed by atoms with van der Waals surface area (Å²) in [5.74, 6) is 1.17. The molecule has 1 saturated heterocycles. The van der Waals surface area contributed by atoms with Gasteiger partial charge in [0.05, 0.1) is 0 Å². The van der Waals surface area contributed by atoms with Crippen LogP contribution >= 0.6 is 12.2 Å². The summed E-state index contributed by atoms with van der Waals surface area (Å²) in [7, 11) is 0. The van der Waals surface area contributed by atoms with Crippen molar-refractivity contribution in [1.29, 1.82) is 0 Å². The SMILES string of the molecule is CC(C)NC(=S)N1CCN(c2ccc3nnc(-c4ccc(F)cc4)n3n2)CC1.